The lowest BCUT2D eigenvalue weighted by Gasteiger charge is -2.17. The molecular weight excluding hydrogens is 230 g/mol. The highest BCUT2D eigenvalue weighted by Gasteiger charge is 2.21. The lowest BCUT2D eigenvalue weighted by molar-refractivity contribution is -0.138. The Morgan fingerprint density at radius 1 is 1.22 bits per heavy atom. The van der Waals surface area contributed by atoms with Gasteiger partial charge in [-0.2, -0.15) is 0 Å². The van der Waals surface area contributed by atoms with Crippen LogP contribution in [0.3, 0.4) is 0 Å². The number of nitrogens with one attached hydrogen (secondary N) is 1. The van der Waals surface area contributed by atoms with Crippen LogP contribution in [0.5, 0.6) is 0 Å². The molecule has 0 aromatic carbocycles. The predicted molar refractivity (Wildman–Crippen MR) is 70.2 cm³/mol. The van der Waals surface area contributed by atoms with E-state index in [2.05, 4.69) is 5.32 Å². The summed E-state index contributed by atoms with van der Waals surface area (Å²) >= 11 is 0. The number of carboxylic acid groups (broad SMARTS) is 1. The molecule has 0 spiro atoms. The third kappa shape index (κ3) is 5.52. The molecule has 0 heterocycles. The largest absolute Gasteiger partial charge is 0.481 e. The van der Waals surface area contributed by atoms with Gasteiger partial charge < -0.3 is 10.4 Å². The number of carboxylic acids is 1. The van der Waals surface area contributed by atoms with E-state index in [1.165, 1.54) is 12.8 Å². The van der Waals surface area contributed by atoms with Crippen molar-refractivity contribution in [2.24, 2.45) is 11.8 Å². The molecule has 0 aromatic heterocycles. The second-order valence-corrected chi connectivity index (χ2v) is 5.31. The third-order valence-corrected chi connectivity index (χ3v) is 3.83. The van der Waals surface area contributed by atoms with Crippen LogP contribution in [-0.2, 0) is 9.59 Å². The van der Waals surface area contributed by atoms with Crippen molar-refractivity contribution < 1.29 is 14.7 Å². The number of carbonyl (C=O) groups is 2. The molecule has 1 aliphatic rings. The Bertz CT molecular complexity index is 270. The van der Waals surface area contributed by atoms with Crippen molar-refractivity contribution in [3.05, 3.63) is 0 Å². The van der Waals surface area contributed by atoms with Crippen LogP contribution in [0.4, 0.5) is 0 Å². The van der Waals surface area contributed by atoms with Crippen LogP contribution in [0, 0.1) is 11.8 Å². The number of rotatable bonds is 6. The van der Waals surface area contributed by atoms with E-state index in [0.717, 1.165) is 32.1 Å². The molecule has 1 atom stereocenters. The van der Waals surface area contributed by atoms with Crippen LogP contribution in [0.2, 0.25) is 0 Å². The van der Waals surface area contributed by atoms with Crippen LogP contribution in [0.1, 0.15) is 58.3 Å². The van der Waals surface area contributed by atoms with E-state index in [9.17, 15) is 9.59 Å². The molecule has 4 nitrogen and oxygen atoms in total. The quantitative estimate of drug-likeness (QED) is 0.717. The number of hydrogen-bond donors (Lipinski definition) is 2. The summed E-state index contributed by atoms with van der Waals surface area (Å²) in [6.45, 7) is 2.46. The first-order chi connectivity index (χ1) is 8.63. The second-order valence-electron chi connectivity index (χ2n) is 5.31. The average Bonchev–Trinajstić information content (AvgIpc) is 2.62. The van der Waals surface area contributed by atoms with Gasteiger partial charge in [-0.1, -0.05) is 39.0 Å². The summed E-state index contributed by atoms with van der Waals surface area (Å²) in [7, 11) is 0. The summed E-state index contributed by atoms with van der Waals surface area (Å²) in [6.07, 6.45) is 7.66. The molecule has 0 bridgehead atoms. The highest BCUT2D eigenvalue weighted by atomic mass is 16.4. The lowest BCUT2D eigenvalue weighted by atomic mass is 9.98. The fourth-order valence-electron chi connectivity index (χ4n) is 2.54. The SMILES string of the molecule is CCC(CNC(=O)C1CCCCCC1)CC(=O)O. The van der Waals surface area contributed by atoms with Crippen molar-refractivity contribution in [3.8, 4) is 0 Å². The molecule has 1 rings (SSSR count). The maximum atomic E-state index is 12.0. The topological polar surface area (TPSA) is 66.4 Å². The Labute approximate surface area is 109 Å². The summed E-state index contributed by atoms with van der Waals surface area (Å²) in [5.41, 5.74) is 0. The summed E-state index contributed by atoms with van der Waals surface area (Å²) in [6, 6.07) is 0. The molecule has 0 aromatic rings. The van der Waals surface area contributed by atoms with Gasteiger partial charge in [0.15, 0.2) is 0 Å². The Morgan fingerprint density at radius 3 is 2.33 bits per heavy atom. The van der Waals surface area contributed by atoms with Crippen molar-refractivity contribution in [2.75, 3.05) is 6.54 Å². The first-order valence-corrected chi connectivity index (χ1v) is 7.13. The smallest absolute Gasteiger partial charge is 0.303 e. The van der Waals surface area contributed by atoms with Crippen molar-refractivity contribution >= 4 is 11.9 Å². The molecule has 1 fully saturated rings. The highest BCUT2D eigenvalue weighted by Crippen LogP contribution is 2.23. The molecular formula is C14H25NO3. The minimum Gasteiger partial charge on any atom is -0.481 e. The van der Waals surface area contributed by atoms with Crippen LogP contribution in [0.15, 0.2) is 0 Å². The van der Waals surface area contributed by atoms with E-state index in [1.807, 2.05) is 6.92 Å². The second kappa shape index (κ2) is 8.11. The van der Waals surface area contributed by atoms with Crippen molar-refractivity contribution in [3.63, 3.8) is 0 Å². The lowest BCUT2D eigenvalue weighted by Crippen LogP contribution is -2.34. The van der Waals surface area contributed by atoms with Crippen LogP contribution in [0.25, 0.3) is 0 Å². The van der Waals surface area contributed by atoms with E-state index in [0.29, 0.717) is 6.54 Å². The first-order valence-electron chi connectivity index (χ1n) is 7.13. The zero-order valence-electron chi connectivity index (χ0n) is 11.3. The van der Waals surface area contributed by atoms with Gasteiger partial charge in [-0.25, -0.2) is 0 Å². The van der Waals surface area contributed by atoms with Crippen molar-refractivity contribution in [1.29, 1.82) is 0 Å². The monoisotopic (exact) mass is 255 g/mol. The van der Waals surface area contributed by atoms with E-state index < -0.39 is 5.97 Å². The zero-order chi connectivity index (χ0) is 13.4. The van der Waals surface area contributed by atoms with Gasteiger partial charge in [-0.15, -0.1) is 0 Å². The Kier molecular flexibility index (Phi) is 6.76. The fourth-order valence-corrected chi connectivity index (χ4v) is 2.54. The van der Waals surface area contributed by atoms with Gasteiger partial charge in [0.25, 0.3) is 0 Å². The van der Waals surface area contributed by atoms with Crippen LogP contribution in [-0.4, -0.2) is 23.5 Å². The van der Waals surface area contributed by atoms with E-state index in [1.54, 1.807) is 0 Å². The standard InChI is InChI=1S/C14H25NO3/c1-2-11(9-13(16)17)10-15-14(18)12-7-5-3-4-6-8-12/h11-12H,2-10H2,1H3,(H,15,18)(H,16,17). The highest BCUT2D eigenvalue weighted by molar-refractivity contribution is 5.78. The normalized spacial score (nSPS) is 18.9. The predicted octanol–water partition coefficient (Wildman–Crippen LogP) is 2.57. The molecule has 18 heavy (non-hydrogen) atoms. The number of carbonyl (C=O) groups excluding carboxylic acids is 1. The van der Waals surface area contributed by atoms with Crippen molar-refractivity contribution in [2.45, 2.75) is 58.3 Å². The Balaban J connectivity index is 2.31. The molecule has 4 heteroatoms. The third-order valence-electron chi connectivity index (χ3n) is 3.83. The first kappa shape index (κ1) is 15.0. The molecule has 1 amide bonds. The number of aliphatic carboxylic acids is 1. The Hall–Kier alpha value is -1.06. The molecule has 0 saturated heterocycles. The van der Waals surface area contributed by atoms with Gasteiger partial charge in [-0.3, -0.25) is 9.59 Å². The minimum absolute atomic E-state index is 0.0530. The Morgan fingerprint density at radius 2 is 1.83 bits per heavy atom. The van der Waals surface area contributed by atoms with Gasteiger partial charge in [0.1, 0.15) is 0 Å². The van der Waals surface area contributed by atoms with Gasteiger partial charge >= 0.3 is 5.97 Å². The fraction of sp³-hybridized carbons (Fsp3) is 0.857. The van der Waals surface area contributed by atoms with E-state index in [4.69, 9.17) is 5.11 Å². The van der Waals surface area contributed by atoms with Gasteiger partial charge in [0.05, 0.1) is 0 Å². The molecule has 2 N–H and O–H groups in total. The molecule has 1 saturated carbocycles. The van der Waals surface area contributed by atoms with E-state index in [-0.39, 0.29) is 24.2 Å². The molecule has 1 unspecified atom stereocenters. The summed E-state index contributed by atoms with van der Waals surface area (Å²) in [4.78, 5) is 22.6. The van der Waals surface area contributed by atoms with Gasteiger partial charge in [-0.05, 0) is 18.8 Å². The van der Waals surface area contributed by atoms with E-state index >= 15 is 0 Å². The summed E-state index contributed by atoms with van der Waals surface area (Å²) in [5.74, 6) is -0.460. The maximum absolute atomic E-state index is 12.0. The molecule has 1 aliphatic carbocycles. The average molecular weight is 255 g/mol. The maximum Gasteiger partial charge on any atom is 0.303 e. The molecule has 0 radical (unpaired) electrons. The van der Waals surface area contributed by atoms with Crippen LogP contribution >= 0.6 is 0 Å². The molecule has 0 aliphatic heterocycles. The summed E-state index contributed by atoms with van der Waals surface area (Å²) in [5, 5.41) is 11.7. The minimum atomic E-state index is -0.787. The van der Waals surface area contributed by atoms with Gasteiger partial charge in [0.2, 0.25) is 5.91 Å². The number of hydrogen-bond acceptors (Lipinski definition) is 2. The van der Waals surface area contributed by atoms with Crippen molar-refractivity contribution in [1.82, 2.24) is 5.32 Å². The van der Waals surface area contributed by atoms with Crippen LogP contribution < -0.4 is 5.32 Å². The summed E-state index contributed by atoms with van der Waals surface area (Å²) < 4.78 is 0. The zero-order valence-corrected chi connectivity index (χ0v) is 11.3. The van der Waals surface area contributed by atoms with Gasteiger partial charge in [0, 0.05) is 18.9 Å². The molecule has 104 valence electrons. The number of amides is 1.